The maximum absolute atomic E-state index is 5.82. The van der Waals surface area contributed by atoms with Crippen molar-refractivity contribution in [3.05, 3.63) is 29.8 Å². The lowest BCUT2D eigenvalue weighted by atomic mass is 9.99. The van der Waals surface area contributed by atoms with E-state index in [1.54, 1.807) is 0 Å². The summed E-state index contributed by atoms with van der Waals surface area (Å²) in [6.45, 7) is 6.87. The Bertz CT molecular complexity index is 467. The first kappa shape index (κ1) is 14.9. The van der Waals surface area contributed by atoms with E-state index in [0.717, 1.165) is 30.4 Å². The summed E-state index contributed by atoms with van der Waals surface area (Å²) in [5.74, 6) is 7.65. The molecule has 1 aliphatic heterocycles. The number of ether oxygens (including phenoxy) is 1. The number of hydrogen-bond acceptors (Lipinski definition) is 3. The number of rotatable bonds is 4. The van der Waals surface area contributed by atoms with Gasteiger partial charge in [-0.2, -0.15) is 0 Å². The minimum absolute atomic E-state index is 0.387. The van der Waals surface area contributed by atoms with Gasteiger partial charge in [0, 0.05) is 12.1 Å². The van der Waals surface area contributed by atoms with Gasteiger partial charge in [0.1, 0.15) is 12.4 Å². The van der Waals surface area contributed by atoms with Crippen LogP contribution in [0.3, 0.4) is 0 Å². The quantitative estimate of drug-likeness (QED) is 0.853. The second-order valence-corrected chi connectivity index (χ2v) is 5.41. The Morgan fingerprint density at radius 3 is 2.90 bits per heavy atom. The summed E-state index contributed by atoms with van der Waals surface area (Å²) < 4.78 is 5.82. The van der Waals surface area contributed by atoms with Crippen molar-refractivity contribution in [3.63, 3.8) is 0 Å². The van der Waals surface area contributed by atoms with Gasteiger partial charge in [0.25, 0.3) is 0 Å². The van der Waals surface area contributed by atoms with E-state index in [1.807, 2.05) is 24.3 Å². The predicted octanol–water partition coefficient (Wildman–Crippen LogP) is 2.11. The van der Waals surface area contributed by atoms with E-state index in [2.05, 4.69) is 23.7 Å². The summed E-state index contributed by atoms with van der Waals surface area (Å²) >= 11 is 0. The zero-order chi connectivity index (χ0) is 14.2. The molecule has 108 valence electrons. The molecule has 1 heterocycles. The third-order valence-corrected chi connectivity index (χ3v) is 3.72. The van der Waals surface area contributed by atoms with Crippen LogP contribution in [-0.4, -0.2) is 37.7 Å². The molecule has 20 heavy (non-hydrogen) atoms. The largest absolute Gasteiger partial charge is 0.492 e. The van der Waals surface area contributed by atoms with E-state index in [9.17, 15) is 0 Å². The summed E-state index contributed by atoms with van der Waals surface area (Å²) in [4.78, 5) is 2.48. The van der Waals surface area contributed by atoms with Gasteiger partial charge in [0.2, 0.25) is 0 Å². The average molecular weight is 272 g/mol. The lowest BCUT2D eigenvalue weighted by Gasteiger charge is -2.29. The Hall–Kier alpha value is -1.50. The highest BCUT2D eigenvalue weighted by molar-refractivity contribution is 5.39. The molecule has 2 N–H and O–H groups in total. The molecule has 0 amide bonds. The van der Waals surface area contributed by atoms with Gasteiger partial charge in [0.15, 0.2) is 0 Å². The van der Waals surface area contributed by atoms with Gasteiger partial charge < -0.3 is 10.5 Å². The maximum atomic E-state index is 5.82. The topological polar surface area (TPSA) is 38.5 Å². The molecule has 0 bridgehead atoms. The van der Waals surface area contributed by atoms with E-state index < -0.39 is 0 Å². The fourth-order valence-electron chi connectivity index (χ4n) is 2.39. The predicted molar refractivity (Wildman–Crippen MR) is 82.7 cm³/mol. The highest BCUT2D eigenvalue weighted by Gasteiger charge is 2.14. The molecule has 0 aromatic heterocycles. The number of benzene rings is 1. The van der Waals surface area contributed by atoms with E-state index in [0.29, 0.717) is 6.54 Å². The number of hydrogen-bond donors (Lipinski definition) is 1. The van der Waals surface area contributed by atoms with Crippen LogP contribution >= 0.6 is 0 Å². The standard InChI is InChI=1S/C17H24N2O/c1-15-7-10-19(11-8-15)12-13-20-17-6-2-4-16(14-17)5-3-9-18/h2,4,6,14-15H,7-13,18H2,1H3. The van der Waals surface area contributed by atoms with Crippen molar-refractivity contribution in [3.8, 4) is 17.6 Å². The van der Waals surface area contributed by atoms with E-state index in [4.69, 9.17) is 10.5 Å². The molecule has 1 saturated heterocycles. The van der Waals surface area contributed by atoms with Gasteiger partial charge in [-0.05, 0) is 50.0 Å². The van der Waals surface area contributed by atoms with E-state index in [1.165, 1.54) is 25.9 Å². The summed E-state index contributed by atoms with van der Waals surface area (Å²) in [5, 5.41) is 0. The minimum atomic E-state index is 0.387. The van der Waals surface area contributed by atoms with Crippen LogP contribution in [0.5, 0.6) is 5.75 Å². The van der Waals surface area contributed by atoms with Crippen LogP contribution in [0.25, 0.3) is 0 Å². The molecule has 0 aliphatic carbocycles. The Labute approximate surface area is 122 Å². The maximum Gasteiger partial charge on any atom is 0.120 e. The van der Waals surface area contributed by atoms with Gasteiger partial charge in [-0.3, -0.25) is 4.90 Å². The number of nitrogens with two attached hydrogens (primary N) is 1. The molecule has 0 spiro atoms. The van der Waals surface area contributed by atoms with Crippen LogP contribution in [-0.2, 0) is 0 Å². The minimum Gasteiger partial charge on any atom is -0.492 e. The second-order valence-electron chi connectivity index (χ2n) is 5.41. The van der Waals surface area contributed by atoms with Gasteiger partial charge >= 0.3 is 0 Å². The first-order valence-electron chi connectivity index (χ1n) is 7.42. The van der Waals surface area contributed by atoms with Crippen LogP contribution in [0.15, 0.2) is 24.3 Å². The fraction of sp³-hybridized carbons (Fsp3) is 0.529. The molecule has 3 heteroatoms. The van der Waals surface area contributed by atoms with Gasteiger partial charge in [-0.1, -0.05) is 24.8 Å². The normalized spacial score (nSPS) is 16.5. The summed E-state index contributed by atoms with van der Waals surface area (Å²) in [5.41, 5.74) is 6.33. The van der Waals surface area contributed by atoms with Crippen LogP contribution in [0.4, 0.5) is 0 Å². The highest BCUT2D eigenvalue weighted by atomic mass is 16.5. The monoisotopic (exact) mass is 272 g/mol. The zero-order valence-electron chi connectivity index (χ0n) is 12.3. The lowest BCUT2D eigenvalue weighted by molar-refractivity contribution is 0.160. The third kappa shape index (κ3) is 4.88. The van der Waals surface area contributed by atoms with Gasteiger partial charge in [0.05, 0.1) is 6.54 Å². The van der Waals surface area contributed by atoms with Crippen molar-refractivity contribution < 1.29 is 4.74 Å². The first-order valence-corrected chi connectivity index (χ1v) is 7.42. The fourth-order valence-corrected chi connectivity index (χ4v) is 2.39. The molecule has 1 aromatic rings. The molecule has 1 aliphatic rings. The van der Waals surface area contributed by atoms with Crippen LogP contribution in [0.1, 0.15) is 25.3 Å². The summed E-state index contributed by atoms with van der Waals surface area (Å²) in [6, 6.07) is 7.90. The number of piperidine rings is 1. The van der Waals surface area contributed by atoms with Crippen molar-refractivity contribution in [1.29, 1.82) is 0 Å². The van der Waals surface area contributed by atoms with Gasteiger partial charge in [-0.25, -0.2) is 0 Å². The third-order valence-electron chi connectivity index (χ3n) is 3.72. The van der Waals surface area contributed by atoms with Crippen molar-refractivity contribution >= 4 is 0 Å². The van der Waals surface area contributed by atoms with Crippen LogP contribution in [0.2, 0.25) is 0 Å². The number of nitrogens with zero attached hydrogens (tertiary/aromatic N) is 1. The van der Waals surface area contributed by atoms with Gasteiger partial charge in [-0.15, -0.1) is 0 Å². The van der Waals surface area contributed by atoms with Crippen molar-refractivity contribution in [1.82, 2.24) is 4.90 Å². The SMILES string of the molecule is CC1CCN(CCOc2cccc(C#CCN)c2)CC1. The average Bonchev–Trinajstić information content (AvgIpc) is 2.48. The lowest BCUT2D eigenvalue weighted by Crippen LogP contribution is -2.35. The smallest absolute Gasteiger partial charge is 0.120 e. The molecule has 1 fully saturated rings. The molecule has 0 unspecified atom stereocenters. The molecule has 0 atom stereocenters. The van der Waals surface area contributed by atoms with E-state index >= 15 is 0 Å². The van der Waals surface area contributed by atoms with Crippen molar-refractivity contribution in [2.24, 2.45) is 11.7 Å². The Morgan fingerprint density at radius 1 is 1.35 bits per heavy atom. The summed E-state index contributed by atoms with van der Waals surface area (Å²) in [7, 11) is 0. The Morgan fingerprint density at radius 2 is 2.15 bits per heavy atom. The molecule has 3 nitrogen and oxygen atoms in total. The number of likely N-dealkylation sites (tertiary alicyclic amines) is 1. The Balaban J connectivity index is 1.76. The molecule has 2 rings (SSSR count). The molecular weight excluding hydrogens is 248 g/mol. The molecule has 0 saturated carbocycles. The Kier molecular flexibility index (Phi) is 5.91. The second kappa shape index (κ2) is 7.94. The van der Waals surface area contributed by atoms with Crippen molar-refractivity contribution in [2.45, 2.75) is 19.8 Å². The van der Waals surface area contributed by atoms with Crippen molar-refractivity contribution in [2.75, 3.05) is 32.8 Å². The molecule has 0 radical (unpaired) electrons. The molecule has 1 aromatic carbocycles. The molecular formula is C17H24N2O. The highest BCUT2D eigenvalue weighted by Crippen LogP contribution is 2.16. The zero-order valence-corrected chi connectivity index (χ0v) is 12.3. The summed E-state index contributed by atoms with van der Waals surface area (Å²) in [6.07, 6.45) is 2.62. The first-order chi connectivity index (χ1) is 9.78. The van der Waals surface area contributed by atoms with Crippen LogP contribution < -0.4 is 10.5 Å². The van der Waals surface area contributed by atoms with Crippen LogP contribution in [0, 0.1) is 17.8 Å². The van der Waals surface area contributed by atoms with E-state index in [-0.39, 0.29) is 0 Å².